The summed E-state index contributed by atoms with van der Waals surface area (Å²) in [4.78, 5) is 18.3. The van der Waals surface area contributed by atoms with E-state index >= 15 is 0 Å². The van der Waals surface area contributed by atoms with Crippen molar-refractivity contribution in [2.45, 2.75) is 50.9 Å². The van der Waals surface area contributed by atoms with E-state index in [2.05, 4.69) is 4.98 Å². The van der Waals surface area contributed by atoms with E-state index in [1.807, 2.05) is 30.3 Å². The number of carbonyl (C=O) groups is 1. The molecule has 0 N–H and O–H groups in total. The zero-order valence-electron chi connectivity index (χ0n) is 18.0. The predicted octanol–water partition coefficient (Wildman–Crippen LogP) is 4.51. The highest BCUT2D eigenvalue weighted by Crippen LogP contribution is 2.35. The first-order valence-electron chi connectivity index (χ1n) is 11.0. The number of pyridine rings is 1. The molecule has 1 saturated heterocycles. The van der Waals surface area contributed by atoms with Gasteiger partial charge in [-0.3, -0.25) is 4.98 Å². The summed E-state index contributed by atoms with van der Waals surface area (Å²) in [7, 11) is 1.65. The number of hydrogen-bond donors (Lipinski definition) is 0. The molecule has 1 aliphatic heterocycles. The van der Waals surface area contributed by atoms with E-state index in [1.165, 1.54) is 19.3 Å². The van der Waals surface area contributed by atoms with Crippen LogP contribution < -0.4 is 9.47 Å². The van der Waals surface area contributed by atoms with Gasteiger partial charge in [0.1, 0.15) is 12.7 Å². The van der Waals surface area contributed by atoms with Crippen LogP contribution in [0.5, 0.6) is 11.5 Å². The predicted molar refractivity (Wildman–Crippen MR) is 115 cm³/mol. The average Bonchev–Trinajstić information content (AvgIpc) is 2.84. The number of ether oxygens (including phenoxy) is 4. The van der Waals surface area contributed by atoms with E-state index in [0.29, 0.717) is 19.7 Å². The number of aromatic nitrogens is 1. The number of amides is 1. The monoisotopic (exact) mass is 426 g/mol. The quantitative estimate of drug-likeness (QED) is 0.677. The first-order valence-corrected chi connectivity index (χ1v) is 11.0. The molecule has 2 aromatic rings. The van der Waals surface area contributed by atoms with Gasteiger partial charge in [0, 0.05) is 24.5 Å². The third-order valence-corrected chi connectivity index (χ3v) is 5.82. The SMILES string of the molecule is COc1ccc(C2CN(C(=O)OCc3cccnc3)CCO2)cc1OC1CCCCC1. The molecule has 0 bridgehead atoms. The van der Waals surface area contributed by atoms with E-state index < -0.39 is 0 Å². The molecule has 2 aliphatic rings. The van der Waals surface area contributed by atoms with Crippen LogP contribution in [0.3, 0.4) is 0 Å². The van der Waals surface area contributed by atoms with E-state index in [4.69, 9.17) is 18.9 Å². The fraction of sp³-hybridized carbons (Fsp3) is 0.500. The molecule has 1 saturated carbocycles. The fourth-order valence-corrected chi connectivity index (χ4v) is 4.08. The Morgan fingerprint density at radius 3 is 2.84 bits per heavy atom. The van der Waals surface area contributed by atoms with Crippen LogP contribution in [0.2, 0.25) is 0 Å². The Balaban J connectivity index is 1.40. The van der Waals surface area contributed by atoms with Crippen LogP contribution in [-0.2, 0) is 16.1 Å². The minimum absolute atomic E-state index is 0.205. The summed E-state index contributed by atoms with van der Waals surface area (Å²) in [5.74, 6) is 1.46. The van der Waals surface area contributed by atoms with Crippen LogP contribution in [0, 0.1) is 0 Å². The minimum atomic E-state index is -0.343. The zero-order chi connectivity index (χ0) is 21.5. The fourth-order valence-electron chi connectivity index (χ4n) is 4.08. The molecule has 0 spiro atoms. The lowest BCUT2D eigenvalue weighted by atomic mass is 9.97. The zero-order valence-corrected chi connectivity index (χ0v) is 18.0. The molecule has 0 radical (unpaired) electrons. The molecule has 1 amide bonds. The van der Waals surface area contributed by atoms with Crippen LogP contribution in [0.1, 0.15) is 49.3 Å². The van der Waals surface area contributed by atoms with Crippen molar-refractivity contribution in [1.82, 2.24) is 9.88 Å². The van der Waals surface area contributed by atoms with Crippen molar-refractivity contribution in [3.8, 4) is 11.5 Å². The van der Waals surface area contributed by atoms with E-state index in [-0.39, 0.29) is 24.9 Å². The number of methoxy groups -OCH3 is 1. The number of benzene rings is 1. The summed E-state index contributed by atoms with van der Waals surface area (Å²) in [5.41, 5.74) is 1.83. The summed E-state index contributed by atoms with van der Waals surface area (Å²) < 4.78 is 23.2. The first-order chi connectivity index (χ1) is 15.2. The highest BCUT2D eigenvalue weighted by Gasteiger charge is 2.27. The van der Waals surface area contributed by atoms with Gasteiger partial charge in [-0.25, -0.2) is 4.79 Å². The maximum atomic E-state index is 12.6. The number of nitrogens with zero attached hydrogens (tertiary/aromatic N) is 2. The van der Waals surface area contributed by atoms with Gasteiger partial charge in [-0.1, -0.05) is 18.6 Å². The lowest BCUT2D eigenvalue weighted by Crippen LogP contribution is -2.42. The van der Waals surface area contributed by atoms with Crippen LogP contribution >= 0.6 is 0 Å². The van der Waals surface area contributed by atoms with Crippen molar-refractivity contribution >= 4 is 6.09 Å². The maximum absolute atomic E-state index is 12.6. The molecule has 2 fully saturated rings. The lowest BCUT2D eigenvalue weighted by molar-refractivity contribution is -0.0297. The van der Waals surface area contributed by atoms with Crippen molar-refractivity contribution in [2.75, 3.05) is 26.8 Å². The van der Waals surface area contributed by atoms with Gasteiger partial charge in [0.2, 0.25) is 0 Å². The highest BCUT2D eigenvalue weighted by molar-refractivity contribution is 5.67. The Hall–Kier alpha value is -2.80. The summed E-state index contributed by atoms with van der Waals surface area (Å²) in [5, 5.41) is 0. The smallest absolute Gasteiger partial charge is 0.410 e. The highest BCUT2D eigenvalue weighted by atomic mass is 16.6. The number of hydrogen-bond acceptors (Lipinski definition) is 6. The summed E-state index contributed by atoms with van der Waals surface area (Å²) in [6.45, 7) is 1.60. The van der Waals surface area contributed by atoms with E-state index in [0.717, 1.165) is 35.5 Å². The second-order valence-corrected chi connectivity index (χ2v) is 8.01. The third kappa shape index (κ3) is 5.67. The minimum Gasteiger partial charge on any atom is -0.493 e. The van der Waals surface area contributed by atoms with Crippen LogP contribution in [0.4, 0.5) is 4.79 Å². The molecule has 1 atom stereocenters. The molecule has 1 aliphatic carbocycles. The van der Waals surface area contributed by atoms with Crippen molar-refractivity contribution < 1.29 is 23.7 Å². The molecule has 166 valence electrons. The van der Waals surface area contributed by atoms with Crippen LogP contribution in [-0.4, -0.2) is 48.9 Å². The second-order valence-electron chi connectivity index (χ2n) is 8.01. The molecule has 4 rings (SSSR count). The van der Waals surface area contributed by atoms with Gasteiger partial charge in [-0.2, -0.15) is 0 Å². The Kier molecular flexibility index (Phi) is 7.25. The van der Waals surface area contributed by atoms with E-state index in [1.54, 1.807) is 24.4 Å². The van der Waals surface area contributed by atoms with Crippen molar-refractivity contribution in [2.24, 2.45) is 0 Å². The van der Waals surface area contributed by atoms with Gasteiger partial charge in [-0.15, -0.1) is 0 Å². The molecule has 1 unspecified atom stereocenters. The Labute approximate surface area is 183 Å². The van der Waals surface area contributed by atoms with Gasteiger partial charge in [0.05, 0.1) is 26.4 Å². The van der Waals surface area contributed by atoms with Crippen molar-refractivity contribution in [3.63, 3.8) is 0 Å². The van der Waals surface area contributed by atoms with Gasteiger partial charge in [-0.05, 0) is 49.4 Å². The lowest BCUT2D eigenvalue weighted by Gasteiger charge is -2.33. The summed E-state index contributed by atoms with van der Waals surface area (Å²) in [6, 6.07) is 9.58. The topological polar surface area (TPSA) is 70.1 Å². The normalized spacial score (nSPS) is 19.6. The molecule has 1 aromatic carbocycles. The maximum Gasteiger partial charge on any atom is 0.410 e. The molecule has 7 nitrogen and oxygen atoms in total. The first kappa shape index (κ1) is 21.4. The molecular weight excluding hydrogens is 396 g/mol. The molecule has 31 heavy (non-hydrogen) atoms. The Bertz CT molecular complexity index is 854. The summed E-state index contributed by atoms with van der Waals surface area (Å²) in [6.07, 6.45) is 8.86. The molecule has 7 heteroatoms. The standard InChI is InChI=1S/C24H30N2O5/c1-28-21-10-9-19(14-22(21)31-20-7-3-2-4-8-20)23-16-26(12-13-29-23)24(27)30-17-18-6-5-11-25-15-18/h5-6,9-11,14-15,20,23H,2-4,7-8,12-13,16-17H2,1H3. The summed E-state index contributed by atoms with van der Waals surface area (Å²) >= 11 is 0. The number of rotatable bonds is 6. The number of carbonyl (C=O) groups excluding carboxylic acids is 1. The molecule has 1 aromatic heterocycles. The van der Waals surface area contributed by atoms with Gasteiger partial charge >= 0.3 is 6.09 Å². The Morgan fingerprint density at radius 1 is 1.19 bits per heavy atom. The average molecular weight is 427 g/mol. The van der Waals surface area contributed by atoms with Crippen molar-refractivity contribution in [1.29, 1.82) is 0 Å². The van der Waals surface area contributed by atoms with Crippen molar-refractivity contribution in [3.05, 3.63) is 53.9 Å². The van der Waals surface area contributed by atoms with Crippen LogP contribution in [0.25, 0.3) is 0 Å². The third-order valence-electron chi connectivity index (χ3n) is 5.82. The molecular formula is C24H30N2O5. The second kappa shape index (κ2) is 10.5. The largest absolute Gasteiger partial charge is 0.493 e. The van der Waals surface area contributed by atoms with Gasteiger partial charge in [0.15, 0.2) is 11.5 Å². The van der Waals surface area contributed by atoms with Gasteiger partial charge in [0.25, 0.3) is 0 Å². The van der Waals surface area contributed by atoms with Gasteiger partial charge < -0.3 is 23.8 Å². The van der Waals surface area contributed by atoms with E-state index in [9.17, 15) is 4.79 Å². The molecule has 2 heterocycles. The Morgan fingerprint density at radius 2 is 2.06 bits per heavy atom. The number of morpholine rings is 1. The van der Waals surface area contributed by atoms with Crippen LogP contribution in [0.15, 0.2) is 42.7 Å².